The Bertz CT molecular complexity index is 401. The molecule has 2 atom stereocenters. The zero-order valence-corrected chi connectivity index (χ0v) is 13.8. The molecule has 0 spiro atoms. The van der Waals surface area contributed by atoms with Crippen molar-refractivity contribution in [3.8, 4) is 0 Å². The summed E-state index contributed by atoms with van der Waals surface area (Å²) in [6.07, 6.45) is 4.19. The molecule has 124 valence electrons. The van der Waals surface area contributed by atoms with Crippen molar-refractivity contribution in [2.45, 2.75) is 37.9 Å². The molecule has 0 radical (unpaired) electrons. The van der Waals surface area contributed by atoms with Gasteiger partial charge >= 0.3 is 0 Å². The first-order valence-corrected chi connectivity index (χ1v) is 8.69. The van der Waals surface area contributed by atoms with Gasteiger partial charge in [0.2, 0.25) is 0 Å². The van der Waals surface area contributed by atoms with E-state index in [0.29, 0.717) is 12.7 Å². The predicted octanol–water partition coefficient (Wildman–Crippen LogP) is 0.363. The molecule has 0 aromatic heterocycles. The summed E-state index contributed by atoms with van der Waals surface area (Å²) in [6.45, 7) is 5.39. The first-order chi connectivity index (χ1) is 10.7. The fraction of sp³-hybridized carbons (Fsp3) is 0.867. The van der Waals surface area contributed by atoms with Crippen LogP contribution < -0.4 is 5.32 Å². The molecule has 0 saturated carbocycles. The highest BCUT2D eigenvalue weighted by molar-refractivity contribution is 7.80. The Balaban J connectivity index is 1.38. The van der Waals surface area contributed by atoms with Crippen LogP contribution in [0.4, 0.5) is 0 Å². The summed E-state index contributed by atoms with van der Waals surface area (Å²) in [6, 6.07) is 0. The summed E-state index contributed by atoms with van der Waals surface area (Å²) >= 11 is 5.45. The topological polar surface area (TPSA) is 54.0 Å². The Hall–Kier alpha value is -0.920. The second-order valence-electron chi connectivity index (χ2n) is 6.14. The number of ether oxygens (including phenoxy) is 2. The van der Waals surface area contributed by atoms with E-state index in [4.69, 9.17) is 21.7 Å². The lowest BCUT2D eigenvalue weighted by atomic mass is 10.2. The quantitative estimate of drug-likeness (QED) is 0.756. The minimum absolute atomic E-state index is 0.149. The van der Waals surface area contributed by atoms with E-state index in [2.05, 4.69) is 10.2 Å². The van der Waals surface area contributed by atoms with Crippen molar-refractivity contribution >= 4 is 23.2 Å². The summed E-state index contributed by atoms with van der Waals surface area (Å²) in [5.74, 6) is 0.149. The molecule has 3 rings (SSSR count). The number of rotatable bonds is 3. The molecular formula is C15H25N3O3S. The van der Waals surface area contributed by atoms with Gasteiger partial charge in [0.1, 0.15) is 6.10 Å². The SMILES string of the molecule is O=C([C@@H]1CCCO1)N1CCN(C(=S)NC[C@@H]2CCCO2)CC1. The van der Waals surface area contributed by atoms with Crippen LogP contribution in [-0.2, 0) is 14.3 Å². The van der Waals surface area contributed by atoms with Gasteiger partial charge in [-0.2, -0.15) is 0 Å². The Morgan fingerprint density at radius 3 is 2.36 bits per heavy atom. The molecule has 3 aliphatic rings. The normalized spacial score (nSPS) is 28.9. The Morgan fingerprint density at radius 2 is 1.73 bits per heavy atom. The second kappa shape index (κ2) is 7.57. The molecule has 6 nitrogen and oxygen atoms in total. The van der Waals surface area contributed by atoms with Crippen LogP contribution >= 0.6 is 12.2 Å². The highest BCUT2D eigenvalue weighted by Gasteiger charge is 2.30. The van der Waals surface area contributed by atoms with Gasteiger partial charge in [0.15, 0.2) is 5.11 Å². The zero-order chi connectivity index (χ0) is 15.4. The zero-order valence-electron chi connectivity index (χ0n) is 13.0. The van der Waals surface area contributed by atoms with E-state index in [1.807, 2.05) is 4.90 Å². The van der Waals surface area contributed by atoms with E-state index in [1.165, 1.54) is 0 Å². The van der Waals surface area contributed by atoms with Gasteiger partial charge in [0.25, 0.3) is 5.91 Å². The molecule has 3 aliphatic heterocycles. The van der Waals surface area contributed by atoms with Gasteiger partial charge in [-0.15, -0.1) is 0 Å². The summed E-state index contributed by atoms with van der Waals surface area (Å²) in [5.41, 5.74) is 0. The molecule has 7 heteroatoms. The van der Waals surface area contributed by atoms with E-state index < -0.39 is 0 Å². The minimum atomic E-state index is -0.212. The number of carbonyl (C=O) groups is 1. The largest absolute Gasteiger partial charge is 0.376 e. The number of amides is 1. The molecule has 0 aliphatic carbocycles. The van der Waals surface area contributed by atoms with Gasteiger partial charge in [0, 0.05) is 45.9 Å². The smallest absolute Gasteiger partial charge is 0.251 e. The van der Waals surface area contributed by atoms with Gasteiger partial charge in [-0.1, -0.05) is 0 Å². The van der Waals surface area contributed by atoms with E-state index >= 15 is 0 Å². The standard InChI is InChI=1S/C15H25N3O3S/c19-14(13-4-2-10-21-13)17-5-7-18(8-6-17)15(22)16-11-12-3-1-9-20-12/h12-13H,1-11H2,(H,16,22)/t12-,13-/m0/s1. The van der Waals surface area contributed by atoms with Gasteiger partial charge < -0.3 is 24.6 Å². The average molecular weight is 327 g/mol. The van der Waals surface area contributed by atoms with Crippen LogP contribution in [0.5, 0.6) is 0 Å². The molecule has 1 amide bonds. The number of nitrogens with zero attached hydrogens (tertiary/aromatic N) is 2. The van der Waals surface area contributed by atoms with Gasteiger partial charge in [-0.3, -0.25) is 4.79 Å². The Kier molecular flexibility index (Phi) is 5.49. The van der Waals surface area contributed by atoms with Gasteiger partial charge in [0.05, 0.1) is 6.10 Å². The monoisotopic (exact) mass is 327 g/mol. The predicted molar refractivity (Wildman–Crippen MR) is 86.7 cm³/mol. The lowest BCUT2D eigenvalue weighted by Crippen LogP contribution is -2.55. The van der Waals surface area contributed by atoms with E-state index in [0.717, 1.165) is 70.1 Å². The van der Waals surface area contributed by atoms with E-state index in [-0.39, 0.29) is 12.0 Å². The van der Waals surface area contributed by atoms with E-state index in [1.54, 1.807) is 0 Å². The van der Waals surface area contributed by atoms with Crippen molar-refractivity contribution in [2.75, 3.05) is 45.9 Å². The Morgan fingerprint density at radius 1 is 1.05 bits per heavy atom. The minimum Gasteiger partial charge on any atom is -0.376 e. The molecule has 0 aromatic carbocycles. The summed E-state index contributed by atoms with van der Waals surface area (Å²) in [4.78, 5) is 16.3. The van der Waals surface area contributed by atoms with Crippen molar-refractivity contribution in [3.05, 3.63) is 0 Å². The van der Waals surface area contributed by atoms with Crippen LogP contribution in [0.15, 0.2) is 0 Å². The molecule has 22 heavy (non-hydrogen) atoms. The average Bonchev–Trinajstić information content (AvgIpc) is 3.25. The van der Waals surface area contributed by atoms with Gasteiger partial charge in [-0.05, 0) is 37.9 Å². The third-order valence-electron chi connectivity index (χ3n) is 4.59. The highest BCUT2D eigenvalue weighted by Crippen LogP contribution is 2.16. The molecule has 0 bridgehead atoms. The summed E-state index contributed by atoms with van der Waals surface area (Å²) in [5, 5.41) is 4.08. The lowest BCUT2D eigenvalue weighted by molar-refractivity contribution is -0.142. The number of nitrogens with one attached hydrogen (secondary N) is 1. The first-order valence-electron chi connectivity index (χ1n) is 8.29. The fourth-order valence-corrected chi connectivity index (χ4v) is 3.49. The van der Waals surface area contributed by atoms with Crippen molar-refractivity contribution in [2.24, 2.45) is 0 Å². The molecule has 1 N–H and O–H groups in total. The fourth-order valence-electron chi connectivity index (χ4n) is 3.22. The van der Waals surface area contributed by atoms with Crippen molar-refractivity contribution < 1.29 is 14.3 Å². The molecular weight excluding hydrogens is 302 g/mol. The highest BCUT2D eigenvalue weighted by atomic mass is 32.1. The van der Waals surface area contributed by atoms with Crippen LogP contribution in [0.25, 0.3) is 0 Å². The van der Waals surface area contributed by atoms with Crippen LogP contribution in [0.2, 0.25) is 0 Å². The number of hydrogen-bond donors (Lipinski definition) is 1. The third kappa shape index (κ3) is 3.88. The lowest BCUT2D eigenvalue weighted by Gasteiger charge is -2.37. The maximum Gasteiger partial charge on any atom is 0.251 e. The summed E-state index contributed by atoms with van der Waals surface area (Å²) in [7, 11) is 0. The number of piperazine rings is 1. The van der Waals surface area contributed by atoms with Crippen molar-refractivity contribution in [1.82, 2.24) is 15.1 Å². The number of carbonyl (C=O) groups excluding carboxylic acids is 1. The first kappa shape index (κ1) is 16.0. The summed E-state index contributed by atoms with van der Waals surface area (Å²) < 4.78 is 11.1. The van der Waals surface area contributed by atoms with Crippen molar-refractivity contribution in [1.29, 1.82) is 0 Å². The van der Waals surface area contributed by atoms with Crippen LogP contribution in [-0.4, -0.2) is 79.0 Å². The molecule has 3 saturated heterocycles. The molecule has 0 unspecified atom stereocenters. The Labute approximate surface area is 137 Å². The maximum absolute atomic E-state index is 12.3. The molecule has 3 heterocycles. The molecule has 0 aromatic rings. The van der Waals surface area contributed by atoms with Crippen molar-refractivity contribution in [3.63, 3.8) is 0 Å². The maximum atomic E-state index is 12.3. The number of thiocarbonyl (C=S) groups is 1. The van der Waals surface area contributed by atoms with Crippen LogP contribution in [0.1, 0.15) is 25.7 Å². The second-order valence-corrected chi connectivity index (χ2v) is 6.52. The van der Waals surface area contributed by atoms with Crippen LogP contribution in [0, 0.1) is 0 Å². The number of hydrogen-bond acceptors (Lipinski definition) is 4. The van der Waals surface area contributed by atoms with E-state index in [9.17, 15) is 4.79 Å². The van der Waals surface area contributed by atoms with Crippen LogP contribution in [0.3, 0.4) is 0 Å². The van der Waals surface area contributed by atoms with Gasteiger partial charge in [-0.25, -0.2) is 0 Å². The third-order valence-corrected chi connectivity index (χ3v) is 4.99. The molecule has 3 fully saturated rings.